The Morgan fingerprint density at radius 1 is 1.56 bits per heavy atom. The number of rotatable bonds is 4. The van der Waals surface area contributed by atoms with Gasteiger partial charge in [0.1, 0.15) is 4.93 Å². The highest BCUT2D eigenvalue weighted by atomic mass is 32.2. The third-order valence-corrected chi connectivity index (χ3v) is 2.16. The summed E-state index contributed by atoms with van der Waals surface area (Å²) in [6, 6.07) is 0. The molecule has 0 heterocycles. The summed E-state index contributed by atoms with van der Waals surface area (Å²) >= 11 is 1.69. The standard InChI is InChI=1S/C6H15NOS/c1-6(2,9-3)8-5-4-7/h4-5,7H2,1-3H3. The molecule has 9 heavy (non-hydrogen) atoms. The van der Waals surface area contributed by atoms with Crippen molar-refractivity contribution >= 4 is 11.8 Å². The van der Waals surface area contributed by atoms with Gasteiger partial charge in [-0.1, -0.05) is 0 Å². The minimum absolute atomic E-state index is 0.0701. The molecule has 2 N–H and O–H groups in total. The Morgan fingerprint density at radius 3 is 2.44 bits per heavy atom. The lowest BCUT2D eigenvalue weighted by Gasteiger charge is -2.21. The van der Waals surface area contributed by atoms with Crippen molar-refractivity contribution in [2.75, 3.05) is 19.4 Å². The molecule has 0 amide bonds. The highest BCUT2D eigenvalue weighted by Crippen LogP contribution is 2.21. The Kier molecular flexibility index (Phi) is 4.27. The van der Waals surface area contributed by atoms with Crippen LogP contribution >= 0.6 is 11.8 Å². The molecule has 0 aliphatic rings. The molecule has 0 rings (SSSR count). The normalized spacial score (nSPS) is 12.0. The summed E-state index contributed by atoms with van der Waals surface area (Å²) in [4.78, 5) is -0.0701. The van der Waals surface area contributed by atoms with E-state index >= 15 is 0 Å². The minimum atomic E-state index is -0.0701. The number of ether oxygens (including phenoxy) is 1. The van der Waals surface area contributed by atoms with Crippen LogP contribution in [0.25, 0.3) is 0 Å². The molecule has 0 fully saturated rings. The fourth-order valence-corrected chi connectivity index (χ4v) is 0.565. The van der Waals surface area contributed by atoms with Gasteiger partial charge in [0.15, 0.2) is 0 Å². The predicted octanol–water partition coefficient (Wildman–Crippen LogP) is 1.06. The third kappa shape index (κ3) is 4.75. The Hall–Kier alpha value is 0.270. The van der Waals surface area contributed by atoms with E-state index in [9.17, 15) is 0 Å². The van der Waals surface area contributed by atoms with E-state index in [1.165, 1.54) is 0 Å². The first-order valence-corrected chi connectivity index (χ1v) is 4.24. The Morgan fingerprint density at radius 2 is 2.11 bits per heavy atom. The summed E-state index contributed by atoms with van der Waals surface area (Å²) < 4.78 is 5.37. The first kappa shape index (κ1) is 9.27. The molecular formula is C6H15NOS. The molecule has 0 aromatic heterocycles. The fourth-order valence-electron chi connectivity index (χ4n) is 0.364. The maximum absolute atomic E-state index is 5.37. The smallest absolute Gasteiger partial charge is 0.107 e. The van der Waals surface area contributed by atoms with Crippen LogP contribution < -0.4 is 5.73 Å². The van der Waals surface area contributed by atoms with Gasteiger partial charge >= 0.3 is 0 Å². The van der Waals surface area contributed by atoms with Crippen LogP contribution in [0.5, 0.6) is 0 Å². The molecule has 0 aromatic carbocycles. The second-order valence-corrected chi connectivity index (χ2v) is 3.63. The van der Waals surface area contributed by atoms with Gasteiger partial charge in [-0.3, -0.25) is 0 Å². The van der Waals surface area contributed by atoms with Gasteiger partial charge in [0, 0.05) is 6.54 Å². The molecule has 0 bridgehead atoms. The van der Waals surface area contributed by atoms with Gasteiger partial charge in [0.25, 0.3) is 0 Å². The van der Waals surface area contributed by atoms with Crippen molar-refractivity contribution in [3.8, 4) is 0 Å². The topological polar surface area (TPSA) is 35.2 Å². The van der Waals surface area contributed by atoms with E-state index in [2.05, 4.69) is 0 Å². The van der Waals surface area contributed by atoms with E-state index in [1.54, 1.807) is 11.8 Å². The van der Waals surface area contributed by atoms with E-state index in [-0.39, 0.29) is 4.93 Å². The molecule has 0 aliphatic heterocycles. The van der Waals surface area contributed by atoms with Gasteiger partial charge < -0.3 is 10.5 Å². The van der Waals surface area contributed by atoms with Gasteiger partial charge in [-0.05, 0) is 20.1 Å². The number of thioether (sulfide) groups is 1. The molecule has 0 aliphatic carbocycles. The van der Waals surface area contributed by atoms with Crippen molar-refractivity contribution in [1.82, 2.24) is 0 Å². The molecule has 0 atom stereocenters. The van der Waals surface area contributed by atoms with E-state index in [0.717, 1.165) is 0 Å². The molecule has 2 nitrogen and oxygen atoms in total. The second-order valence-electron chi connectivity index (χ2n) is 2.24. The summed E-state index contributed by atoms with van der Waals surface area (Å²) in [5, 5.41) is 0. The van der Waals surface area contributed by atoms with Crippen LogP contribution in [0.2, 0.25) is 0 Å². The lowest BCUT2D eigenvalue weighted by atomic mass is 10.4. The summed E-state index contributed by atoms with van der Waals surface area (Å²) in [7, 11) is 0. The Labute approximate surface area is 61.1 Å². The molecule has 0 spiro atoms. The van der Waals surface area contributed by atoms with Gasteiger partial charge in [-0.2, -0.15) is 0 Å². The van der Waals surface area contributed by atoms with Crippen molar-refractivity contribution < 1.29 is 4.74 Å². The highest BCUT2D eigenvalue weighted by Gasteiger charge is 2.14. The van der Waals surface area contributed by atoms with Gasteiger partial charge in [0.2, 0.25) is 0 Å². The number of hydrogen-bond acceptors (Lipinski definition) is 3. The van der Waals surface area contributed by atoms with Crippen LogP contribution in [-0.4, -0.2) is 24.3 Å². The molecular weight excluding hydrogens is 134 g/mol. The van der Waals surface area contributed by atoms with Crippen molar-refractivity contribution in [1.29, 1.82) is 0 Å². The molecule has 3 heteroatoms. The molecule has 0 saturated carbocycles. The van der Waals surface area contributed by atoms with Crippen LogP contribution in [0.1, 0.15) is 13.8 Å². The van der Waals surface area contributed by atoms with Gasteiger partial charge in [0.05, 0.1) is 6.61 Å². The van der Waals surface area contributed by atoms with Crippen LogP contribution in [0.4, 0.5) is 0 Å². The molecule has 0 aromatic rings. The zero-order valence-corrected chi connectivity index (χ0v) is 7.12. The van der Waals surface area contributed by atoms with Crippen LogP contribution in [0.15, 0.2) is 0 Å². The SMILES string of the molecule is CSC(C)(C)OCCN. The van der Waals surface area contributed by atoms with Crippen molar-refractivity contribution in [3.63, 3.8) is 0 Å². The molecule has 0 radical (unpaired) electrons. The zero-order valence-electron chi connectivity index (χ0n) is 6.31. The molecule has 56 valence electrons. The second kappa shape index (κ2) is 4.14. The summed E-state index contributed by atoms with van der Waals surface area (Å²) in [5.41, 5.74) is 5.26. The average Bonchev–Trinajstić information content (AvgIpc) is 1.84. The minimum Gasteiger partial charge on any atom is -0.364 e. The summed E-state index contributed by atoms with van der Waals surface area (Å²) in [6.07, 6.45) is 2.02. The zero-order chi connectivity index (χ0) is 7.33. The van der Waals surface area contributed by atoms with E-state index < -0.39 is 0 Å². The maximum atomic E-state index is 5.37. The van der Waals surface area contributed by atoms with Crippen LogP contribution in [0.3, 0.4) is 0 Å². The molecule has 0 unspecified atom stereocenters. The van der Waals surface area contributed by atoms with Crippen molar-refractivity contribution in [2.24, 2.45) is 5.73 Å². The lowest BCUT2D eigenvalue weighted by Crippen LogP contribution is -2.23. The van der Waals surface area contributed by atoms with Crippen molar-refractivity contribution in [3.05, 3.63) is 0 Å². The Balaban J connectivity index is 3.33. The fraction of sp³-hybridized carbons (Fsp3) is 1.00. The number of hydrogen-bond donors (Lipinski definition) is 1. The summed E-state index contributed by atoms with van der Waals surface area (Å²) in [5.74, 6) is 0. The first-order valence-electron chi connectivity index (χ1n) is 3.01. The monoisotopic (exact) mass is 149 g/mol. The number of nitrogens with two attached hydrogens (primary N) is 1. The quantitative estimate of drug-likeness (QED) is 0.607. The van der Waals surface area contributed by atoms with E-state index in [4.69, 9.17) is 10.5 Å². The molecule has 0 saturated heterocycles. The maximum Gasteiger partial charge on any atom is 0.107 e. The third-order valence-electron chi connectivity index (χ3n) is 1.06. The van der Waals surface area contributed by atoms with E-state index in [1.807, 2.05) is 20.1 Å². The van der Waals surface area contributed by atoms with Gasteiger partial charge in [-0.25, -0.2) is 0 Å². The first-order chi connectivity index (χ1) is 4.12. The lowest BCUT2D eigenvalue weighted by molar-refractivity contribution is 0.0586. The van der Waals surface area contributed by atoms with E-state index in [0.29, 0.717) is 13.2 Å². The predicted molar refractivity (Wildman–Crippen MR) is 42.6 cm³/mol. The van der Waals surface area contributed by atoms with Crippen LogP contribution in [0, 0.1) is 0 Å². The largest absolute Gasteiger partial charge is 0.364 e. The average molecular weight is 149 g/mol. The van der Waals surface area contributed by atoms with Crippen LogP contribution in [-0.2, 0) is 4.74 Å². The summed E-state index contributed by atoms with van der Waals surface area (Å²) in [6.45, 7) is 5.32. The Bertz CT molecular complexity index is 75.5. The highest BCUT2D eigenvalue weighted by molar-refractivity contribution is 7.99. The van der Waals surface area contributed by atoms with Crippen molar-refractivity contribution in [2.45, 2.75) is 18.8 Å². The van der Waals surface area contributed by atoms with Gasteiger partial charge in [-0.15, -0.1) is 11.8 Å².